The fraction of sp³-hybridized carbons (Fsp3) is 0.235. The van der Waals surface area contributed by atoms with Crippen molar-refractivity contribution in [2.45, 2.75) is 12.5 Å². The van der Waals surface area contributed by atoms with E-state index in [1.807, 2.05) is 60.5 Å². The predicted octanol–water partition coefficient (Wildman–Crippen LogP) is 2.54. The van der Waals surface area contributed by atoms with Crippen molar-refractivity contribution in [1.82, 2.24) is 5.32 Å². The van der Waals surface area contributed by atoms with Crippen LogP contribution in [0.25, 0.3) is 0 Å². The Labute approximate surface area is 119 Å². The molecule has 1 aliphatic rings. The SMILES string of the molecule is CNC1C(=O)N(c2ccccc2)CCc2ccccc21. The molecule has 0 aliphatic carbocycles. The van der Waals surface area contributed by atoms with Crippen molar-refractivity contribution in [3.63, 3.8) is 0 Å². The molecule has 2 aromatic carbocycles. The number of rotatable bonds is 2. The average Bonchev–Trinajstić information content (AvgIpc) is 2.64. The number of para-hydroxylation sites is 1. The van der Waals surface area contributed by atoms with Crippen molar-refractivity contribution in [1.29, 1.82) is 0 Å². The minimum atomic E-state index is -0.270. The molecule has 0 saturated heterocycles. The standard InChI is InChI=1S/C17H18N2O/c1-18-16-15-10-6-5-7-13(15)11-12-19(17(16)20)14-8-3-2-4-9-14/h2-10,16,18H,11-12H2,1H3. The molecule has 1 N–H and O–H groups in total. The van der Waals surface area contributed by atoms with E-state index in [4.69, 9.17) is 0 Å². The lowest BCUT2D eigenvalue weighted by Crippen LogP contribution is -2.39. The van der Waals surface area contributed by atoms with Crippen LogP contribution in [0.4, 0.5) is 5.69 Å². The maximum absolute atomic E-state index is 12.8. The van der Waals surface area contributed by atoms with Gasteiger partial charge in [0.1, 0.15) is 6.04 Å². The lowest BCUT2D eigenvalue weighted by Gasteiger charge is -2.24. The first-order valence-corrected chi connectivity index (χ1v) is 6.93. The molecule has 0 spiro atoms. The van der Waals surface area contributed by atoms with Gasteiger partial charge in [0, 0.05) is 12.2 Å². The van der Waals surface area contributed by atoms with E-state index in [9.17, 15) is 4.79 Å². The van der Waals surface area contributed by atoms with Crippen LogP contribution in [0.2, 0.25) is 0 Å². The van der Waals surface area contributed by atoms with Gasteiger partial charge in [0.05, 0.1) is 0 Å². The summed E-state index contributed by atoms with van der Waals surface area (Å²) < 4.78 is 0. The average molecular weight is 266 g/mol. The van der Waals surface area contributed by atoms with Crippen LogP contribution in [0.3, 0.4) is 0 Å². The molecule has 3 heteroatoms. The van der Waals surface area contributed by atoms with Crippen LogP contribution in [0, 0.1) is 0 Å². The van der Waals surface area contributed by atoms with Gasteiger partial charge in [-0.1, -0.05) is 42.5 Å². The van der Waals surface area contributed by atoms with Crippen LogP contribution < -0.4 is 10.2 Å². The summed E-state index contributed by atoms with van der Waals surface area (Å²) in [6.45, 7) is 0.720. The molecule has 1 amide bonds. The summed E-state index contributed by atoms with van der Waals surface area (Å²) >= 11 is 0. The molecule has 1 heterocycles. The quantitative estimate of drug-likeness (QED) is 0.906. The third-order valence-electron chi connectivity index (χ3n) is 3.84. The molecule has 2 aromatic rings. The zero-order valence-corrected chi connectivity index (χ0v) is 11.5. The second kappa shape index (κ2) is 5.47. The molecular weight excluding hydrogens is 248 g/mol. The van der Waals surface area contributed by atoms with E-state index in [-0.39, 0.29) is 11.9 Å². The second-order valence-electron chi connectivity index (χ2n) is 5.00. The van der Waals surface area contributed by atoms with Gasteiger partial charge in [-0.2, -0.15) is 0 Å². The monoisotopic (exact) mass is 266 g/mol. The molecule has 1 unspecified atom stereocenters. The number of anilines is 1. The summed E-state index contributed by atoms with van der Waals surface area (Å²) in [5.41, 5.74) is 3.31. The van der Waals surface area contributed by atoms with Gasteiger partial charge in [0.2, 0.25) is 5.91 Å². The van der Waals surface area contributed by atoms with E-state index < -0.39 is 0 Å². The van der Waals surface area contributed by atoms with Crippen LogP contribution in [0.15, 0.2) is 54.6 Å². The highest BCUT2D eigenvalue weighted by molar-refractivity contribution is 5.98. The summed E-state index contributed by atoms with van der Waals surface area (Å²) in [5, 5.41) is 3.16. The fourth-order valence-corrected chi connectivity index (χ4v) is 2.82. The normalized spacial score (nSPS) is 18.6. The number of likely N-dealkylation sites (N-methyl/N-ethyl adjacent to an activating group) is 1. The number of nitrogens with zero attached hydrogens (tertiary/aromatic N) is 1. The molecule has 0 fully saturated rings. The van der Waals surface area contributed by atoms with Crippen LogP contribution in [0.5, 0.6) is 0 Å². The number of carbonyl (C=O) groups is 1. The van der Waals surface area contributed by atoms with Crippen molar-refractivity contribution in [3.8, 4) is 0 Å². The summed E-state index contributed by atoms with van der Waals surface area (Å²) in [6.07, 6.45) is 0.884. The number of amides is 1. The summed E-state index contributed by atoms with van der Waals surface area (Å²) in [6, 6.07) is 17.8. The van der Waals surface area contributed by atoms with Gasteiger partial charge in [0.15, 0.2) is 0 Å². The summed E-state index contributed by atoms with van der Waals surface area (Å²) in [4.78, 5) is 14.7. The van der Waals surface area contributed by atoms with Gasteiger partial charge >= 0.3 is 0 Å². The molecule has 0 saturated carbocycles. The topological polar surface area (TPSA) is 32.3 Å². The van der Waals surface area contributed by atoms with Crippen LogP contribution in [0.1, 0.15) is 17.2 Å². The Morgan fingerprint density at radius 1 is 1.05 bits per heavy atom. The number of hydrogen-bond acceptors (Lipinski definition) is 2. The van der Waals surface area contributed by atoms with Gasteiger partial charge in [-0.25, -0.2) is 0 Å². The molecule has 0 bridgehead atoms. The van der Waals surface area contributed by atoms with E-state index in [1.165, 1.54) is 5.56 Å². The lowest BCUT2D eigenvalue weighted by atomic mass is 9.99. The van der Waals surface area contributed by atoms with Gasteiger partial charge in [-0.3, -0.25) is 4.79 Å². The molecule has 20 heavy (non-hydrogen) atoms. The smallest absolute Gasteiger partial charge is 0.248 e. The first kappa shape index (κ1) is 12.9. The van der Waals surface area contributed by atoms with Crippen LogP contribution in [-0.2, 0) is 11.2 Å². The third kappa shape index (κ3) is 2.21. The van der Waals surface area contributed by atoms with Crippen molar-refractivity contribution in [2.24, 2.45) is 0 Å². The van der Waals surface area contributed by atoms with Crippen LogP contribution in [-0.4, -0.2) is 19.5 Å². The maximum atomic E-state index is 12.8. The molecule has 1 atom stereocenters. The number of benzene rings is 2. The molecule has 3 nitrogen and oxygen atoms in total. The molecule has 102 valence electrons. The summed E-state index contributed by atoms with van der Waals surface area (Å²) in [7, 11) is 1.84. The minimum Gasteiger partial charge on any atom is -0.310 e. The second-order valence-corrected chi connectivity index (χ2v) is 5.00. The number of nitrogens with one attached hydrogen (secondary N) is 1. The van der Waals surface area contributed by atoms with Crippen molar-refractivity contribution in [3.05, 3.63) is 65.7 Å². The van der Waals surface area contributed by atoms with Crippen molar-refractivity contribution < 1.29 is 4.79 Å². The lowest BCUT2D eigenvalue weighted by molar-refractivity contribution is -0.120. The Hall–Kier alpha value is -2.13. The first-order valence-electron chi connectivity index (χ1n) is 6.93. The Balaban J connectivity index is 2.01. The predicted molar refractivity (Wildman–Crippen MR) is 80.7 cm³/mol. The highest BCUT2D eigenvalue weighted by Gasteiger charge is 2.30. The van der Waals surface area contributed by atoms with Crippen LogP contribution >= 0.6 is 0 Å². The number of hydrogen-bond donors (Lipinski definition) is 1. The Morgan fingerprint density at radius 2 is 1.75 bits per heavy atom. The first-order chi connectivity index (χ1) is 9.81. The van der Waals surface area contributed by atoms with Crippen molar-refractivity contribution >= 4 is 11.6 Å². The molecule has 0 aromatic heterocycles. The highest BCUT2D eigenvalue weighted by Crippen LogP contribution is 2.27. The molecule has 0 radical (unpaired) electrons. The van der Waals surface area contributed by atoms with Crippen molar-refractivity contribution in [2.75, 3.05) is 18.5 Å². The zero-order valence-electron chi connectivity index (χ0n) is 11.5. The van der Waals surface area contributed by atoms with E-state index in [0.717, 1.165) is 24.2 Å². The molecular formula is C17H18N2O. The summed E-state index contributed by atoms with van der Waals surface area (Å²) in [5.74, 6) is 0.114. The van der Waals surface area contributed by atoms with Gasteiger partial charge in [-0.15, -0.1) is 0 Å². The van der Waals surface area contributed by atoms with Gasteiger partial charge in [-0.05, 0) is 36.7 Å². The van der Waals surface area contributed by atoms with E-state index in [0.29, 0.717) is 0 Å². The van der Waals surface area contributed by atoms with E-state index in [1.54, 1.807) is 0 Å². The highest BCUT2D eigenvalue weighted by atomic mass is 16.2. The van der Waals surface area contributed by atoms with Gasteiger partial charge < -0.3 is 10.2 Å². The number of carbonyl (C=O) groups excluding carboxylic acids is 1. The van der Waals surface area contributed by atoms with E-state index in [2.05, 4.69) is 11.4 Å². The van der Waals surface area contributed by atoms with Gasteiger partial charge in [0.25, 0.3) is 0 Å². The maximum Gasteiger partial charge on any atom is 0.248 e. The third-order valence-corrected chi connectivity index (χ3v) is 3.84. The Bertz CT molecular complexity index is 609. The van der Waals surface area contributed by atoms with E-state index >= 15 is 0 Å². The Morgan fingerprint density at radius 3 is 2.50 bits per heavy atom. The zero-order chi connectivity index (χ0) is 13.9. The molecule has 1 aliphatic heterocycles. The Kier molecular flexibility index (Phi) is 3.52. The largest absolute Gasteiger partial charge is 0.310 e. The number of fused-ring (bicyclic) bond motifs is 1. The molecule has 3 rings (SSSR count). The fourth-order valence-electron chi connectivity index (χ4n) is 2.82. The minimum absolute atomic E-state index is 0.114.